The van der Waals surface area contributed by atoms with E-state index in [1.807, 2.05) is 18.9 Å². The number of carbonyl (C=O) groups is 1. The van der Waals surface area contributed by atoms with Crippen molar-refractivity contribution in [2.75, 3.05) is 33.3 Å². The molecule has 1 aliphatic heterocycles. The molecule has 6 heteroatoms. The van der Waals surface area contributed by atoms with Gasteiger partial charge in [-0.05, 0) is 14.0 Å². The number of nitrogens with zero attached hydrogens (tertiary/aromatic N) is 1. The first-order chi connectivity index (χ1) is 5.74. The molecule has 0 atom stereocenters. The summed E-state index contributed by atoms with van der Waals surface area (Å²) < 4.78 is 4.83. The van der Waals surface area contributed by atoms with Crippen LogP contribution < -0.4 is 5.32 Å². The standard InChI is InChI=1S/C8H16N2O2.2ClH/c1-3-12-8(11)6-10(2)7-4-9-5-7;;/h7,9H,3-6H2,1-2H3;2*1H. The van der Waals surface area contributed by atoms with Crippen LogP contribution in [0.5, 0.6) is 0 Å². The summed E-state index contributed by atoms with van der Waals surface area (Å²) in [4.78, 5) is 13.0. The second-order valence-electron chi connectivity index (χ2n) is 3.03. The summed E-state index contributed by atoms with van der Waals surface area (Å²) in [6, 6.07) is 0.509. The molecule has 0 aromatic carbocycles. The zero-order valence-electron chi connectivity index (χ0n) is 8.49. The molecule has 4 nitrogen and oxygen atoms in total. The van der Waals surface area contributed by atoms with Crippen molar-refractivity contribution in [1.82, 2.24) is 10.2 Å². The second-order valence-corrected chi connectivity index (χ2v) is 3.03. The molecule has 0 aromatic heterocycles. The number of nitrogens with one attached hydrogen (secondary N) is 1. The first kappa shape index (κ1) is 16.4. The number of likely N-dealkylation sites (N-methyl/N-ethyl adjacent to an activating group) is 1. The fourth-order valence-electron chi connectivity index (χ4n) is 1.12. The Kier molecular flexibility index (Phi) is 9.72. The van der Waals surface area contributed by atoms with Gasteiger partial charge in [0.25, 0.3) is 0 Å². The molecule has 0 aliphatic carbocycles. The summed E-state index contributed by atoms with van der Waals surface area (Å²) in [5.41, 5.74) is 0. The van der Waals surface area contributed by atoms with Crippen LogP contribution in [0.15, 0.2) is 0 Å². The predicted molar refractivity (Wildman–Crippen MR) is 60.4 cm³/mol. The van der Waals surface area contributed by atoms with Crippen LogP contribution >= 0.6 is 24.8 Å². The first-order valence-electron chi connectivity index (χ1n) is 4.30. The monoisotopic (exact) mass is 244 g/mol. The zero-order chi connectivity index (χ0) is 8.97. The molecule has 14 heavy (non-hydrogen) atoms. The highest BCUT2D eigenvalue weighted by molar-refractivity contribution is 5.85. The maximum atomic E-state index is 11.0. The van der Waals surface area contributed by atoms with E-state index in [1.165, 1.54) is 0 Å². The van der Waals surface area contributed by atoms with Gasteiger partial charge in [0.05, 0.1) is 13.2 Å². The highest BCUT2D eigenvalue weighted by Crippen LogP contribution is 2.01. The molecule has 0 spiro atoms. The Hall–Kier alpha value is -0.0300. The maximum Gasteiger partial charge on any atom is 0.320 e. The highest BCUT2D eigenvalue weighted by atomic mass is 35.5. The van der Waals surface area contributed by atoms with E-state index in [-0.39, 0.29) is 30.8 Å². The summed E-state index contributed by atoms with van der Waals surface area (Å²) >= 11 is 0. The third kappa shape index (κ3) is 5.00. The van der Waals surface area contributed by atoms with E-state index in [0.29, 0.717) is 19.2 Å². The van der Waals surface area contributed by atoms with Gasteiger partial charge in [-0.1, -0.05) is 0 Å². The molecule has 1 aliphatic rings. The summed E-state index contributed by atoms with van der Waals surface area (Å²) in [5, 5.41) is 3.15. The van der Waals surface area contributed by atoms with Gasteiger partial charge in [0, 0.05) is 19.1 Å². The van der Waals surface area contributed by atoms with Gasteiger partial charge >= 0.3 is 5.97 Å². The lowest BCUT2D eigenvalue weighted by Gasteiger charge is -2.34. The predicted octanol–water partition coefficient (Wildman–Crippen LogP) is 0.297. The number of esters is 1. The molecule has 1 saturated heterocycles. The number of rotatable bonds is 4. The minimum atomic E-state index is -0.132. The Bertz CT molecular complexity index is 165. The van der Waals surface area contributed by atoms with Gasteiger partial charge < -0.3 is 10.1 Å². The number of hydrogen-bond acceptors (Lipinski definition) is 4. The summed E-state index contributed by atoms with van der Waals surface area (Å²) in [5.74, 6) is -0.132. The molecule has 0 radical (unpaired) electrons. The largest absolute Gasteiger partial charge is 0.465 e. The van der Waals surface area contributed by atoms with Crippen LogP contribution in [0.2, 0.25) is 0 Å². The molecule has 1 rings (SSSR count). The molecule has 1 heterocycles. The van der Waals surface area contributed by atoms with E-state index < -0.39 is 0 Å². The van der Waals surface area contributed by atoms with Gasteiger partial charge in [-0.25, -0.2) is 0 Å². The third-order valence-corrected chi connectivity index (χ3v) is 2.07. The van der Waals surface area contributed by atoms with Crippen LogP contribution in [-0.2, 0) is 9.53 Å². The first-order valence-corrected chi connectivity index (χ1v) is 4.30. The maximum absolute atomic E-state index is 11.0. The average Bonchev–Trinajstić information content (AvgIpc) is 1.82. The summed E-state index contributed by atoms with van der Waals surface area (Å²) in [7, 11) is 1.95. The lowest BCUT2D eigenvalue weighted by atomic mass is 10.1. The minimum absolute atomic E-state index is 0. The van der Waals surface area contributed by atoms with Gasteiger partial charge in [0.15, 0.2) is 0 Å². The van der Waals surface area contributed by atoms with Crippen molar-refractivity contribution in [1.29, 1.82) is 0 Å². The van der Waals surface area contributed by atoms with Crippen molar-refractivity contribution in [3.05, 3.63) is 0 Å². The molecule has 0 saturated carbocycles. The molecular formula is C8H18Cl2N2O2. The molecule has 0 unspecified atom stereocenters. The van der Waals surface area contributed by atoms with E-state index in [9.17, 15) is 4.79 Å². The zero-order valence-corrected chi connectivity index (χ0v) is 10.1. The van der Waals surface area contributed by atoms with Crippen LogP contribution in [0, 0.1) is 0 Å². The molecule has 0 bridgehead atoms. The average molecular weight is 245 g/mol. The van der Waals surface area contributed by atoms with Gasteiger partial charge in [-0.2, -0.15) is 0 Å². The van der Waals surface area contributed by atoms with Crippen LogP contribution in [0.1, 0.15) is 6.92 Å². The van der Waals surface area contributed by atoms with Gasteiger partial charge in [-0.3, -0.25) is 9.69 Å². The number of hydrogen-bond donors (Lipinski definition) is 1. The van der Waals surface area contributed by atoms with Crippen molar-refractivity contribution in [2.45, 2.75) is 13.0 Å². The van der Waals surface area contributed by atoms with Crippen LogP contribution in [-0.4, -0.2) is 50.2 Å². The fourth-order valence-corrected chi connectivity index (χ4v) is 1.12. The lowest BCUT2D eigenvalue weighted by Crippen LogP contribution is -2.56. The summed E-state index contributed by atoms with van der Waals surface area (Å²) in [6.45, 7) is 4.66. The normalized spacial score (nSPS) is 15.1. The minimum Gasteiger partial charge on any atom is -0.465 e. The van der Waals surface area contributed by atoms with E-state index in [4.69, 9.17) is 4.74 Å². The second kappa shape index (κ2) is 8.29. The number of carbonyl (C=O) groups excluding carboxylic acids is 1. The topological polar surface area (TPSA) is 41.6 Å². The Morgan fingerprint density at radius 2 is 2.07 bits per heavy atom. The molecular weight excluding hydrogens is 227 g/mol. The third-order valence-electron chi connectivity index (χ3n) is 2.07. The molecule has 0 amide bonds. The van der Waals surface area contributed by atoms with Crippen molar-refractivity contribution in [2.24, 2.45) is 0 Å². The van der Waals surface area contributed by atoms with E-state index in [0.717, 1.165) is 13.1 Å². The van der Waals surface area contributed by atoms with Crippen molar-refractivity contribution in [3.63, 3.8) is 0 Å². The number of halogens is 2. The van der Waals surface area contributed by atoms with E-state index in [2.05, 4.69) is 5.32 Å². The van der Waals surface area contributed by atoms with Crippen molar-refractivity contribution < 1.29 is 9.53 Å². The number of ether oxygens (including phenoxy) is 1. The molecule has 1 N–H and O–H groups in total. The molecule has 1 fully saturated rings. The van der Waals surface area contributed by atoms with Crippen molar-refractivity contribution in [3.8, 4) is 0 Å². The molecule has 0 aromatic rings. The highest BCUT2D eigenvalue weighted by Gasteiger charge is 2.22. The lowest BCUT2D eigenvalue weighted by molar-refractivity contribution is -0.144. The summed E-state index contributed by atoms with van der Waals surface area (Å²) in [6.07, 6.45) is 0. The Balaban J connectivity index is 0. The van der Waals surface area contributed by atoms with Crippen molar-refractivity contribution >= 4 is 30.8 Å². The van der Waals surface area contributed by atoms with E-state index >= 15 is 0 Å². The molecule has 86 valence electrons. The quantitative estimate of drug-likeness (QED) is 0.723. The van der Waals surface area contributed by atoms with Crippen LogP contribution in [0.3, 0.4) is 0 Å². The Morgan fingerprint density at radius 3 is 2.43 bits per heavy atom. The fraction of sp³-hybridized carbons (Fsp3) is 0.875. The smallest absolute Gasteiger partial charge is 0.320 e. The Labute approximate surface area is 97.2 Å². The Morgan fingerprint density at radius 1 is 1.50 bits per heavy atom. The van der Waals surface area contributed by atoms with Gasteiger partial charge in [0.2, 0.25) is 0 Å². The van der Waals surface area contributed by atoms with E-state index in [1.54, 1.807) is 0 Å². The van der Waals surface area contributed by atoms with Crippen LogP contribution in [0.4, 0.5) is 0 Å². The van der Waals surface area contributed by atoms with Gasteiger partial charge in [-0.15, -0.1) is 24.8 Å². The van der Waals surface area contributed by atoms with Gasteiger partial charge in [0.1, 0.15) is 0 Å². The SMILES string of the molecule is CCOC(=O)CN(C)C1CNC1.Cl.Cl. The van der Waals surface area contributed by atoms with Crippen LogP contribution in [0.25, 0.3) is 0 Å².